The van der Waals surface area contributed by atoms with E-state index in [4.69, 9.17) is 4.74 Å². The van der Waals surface area contributed by atoms with Gasteiger partial charge in [-0.1, -0.05) is 13.8 Å². The number of carbonyl (C=O) groups is 1. The Morgan fingerprint density at radius 3 is 2.72 bits per heavy atom. The first-order chi connectivity index (χ1) is 8.44. The van der Waals surface area contributed by atoms with Gasteiger partial charge in [-0.25, -0.2) is 0 Å². The molecule has 2 aliphatic carbocycles. The molecule has 0 aromatic rings. The van der Waals surface area contributed by atoms with Crippen LogP contribution < -0.4 is 0 Å². The maximum atomic E-state index is 11.8. The molecule has 3 heteroatoms. The summed E-state index contributed by atoms with van der Waals surface area (Å²) in [5.74, 6) is 0.273. The van der Waals surface area contributed by atoms with E-state index in [0.717, 1.165) is 31.3 Å². The van der Waals surface area contributed by atoms with Crippen LogP contribution in [0.1, 0.15) is 46.5 Å². The molecule has 3 rings (SSSR count). The second-order valence-corrected chi connectivity index (χ2v) is 6.56. The fraction of sp³-hybridized carbons (Fsp3) is 0.800. The summed E-state index contributed by atoms with van der Waals surface area (Å²) >= 11 is 0. The molecule has 0 amide bonds. The predicted octanol–water partition coefficient (Wildman–Crippen LogP) is 2.44. The lowest BCUT2D eigenvalue weighted by atomic mass is 9.59. The summed E-state index contributed by atoms with van der Waals surface area (Å²) in [5.41, 5.74) is 2.42. The Labute approximate surface area is 108 Å². The quantitative estimate of drug-likeness (QED) is 0.530. The Morgan fingerprint density at radius 1 is 1.33 bits per heavy atom. The van der Waals surface area contributed by atoms with E-state index < -0.39 is 0 Å². The Kier molecular flexibility index (Phi) is 2.60. The summed E-state index contributed by atoms with van der Waals surface area (Å²) < 4.78 is 5.62. The molecule has 0 aromatic carbocycles. The normalized spacial score (nSPS) is 47.7. The average molecular weight is 250 g/mol. The molecule has 0 radical (unpaired) electrons. The molecule has 1 unspecified atom stereocenters. The first-order valence-electron chi connectivity index (χ1n) is 7.04. The Balaban J connectivity index is 2.06. The van der Waals surface area contributed by atoms with Crippen LogP contribution in [0.15, 0.2) is 11.1 Å². The van der Waals surface area contributed by atoms with Gasteiger partial charge in [0.25, 0.3) is 0 Å². The maximum absolute atomic E-state index is 11.8. The second kappa shape index (κ2) is 3.83. The van der Waals surface area contributed by atoms with Gasteiger partial charge in [-0.3, -0.25) is 4.79 Å². The van der Waals surface area contributed by atoms with Crippen LogP contribution in [0, 0.1) is 17.3 Å². The number of fused-ring (bicyclic) bond motifs is 3. The third-order valence-electron chi connectivity index (χ3n) is 5.50. The van der Waals surface area contributed by atoms with Crippen LogP contribution in [0.2, 0.25) is 0 Å². The zero-order chi connectivity index (χ0) is 13.1. The highest BCUT2D eigenvalue weighted by molar-refractivity contribution is 5.75. The lowest BCUT2D eigenvalue weighted by Gasteiger charge is -2.47. The van der Waals surface area contributed by atoms with Crippen LogP contribution in [0.5, 0.6) is 0 Å². The van der Waals surface area contributed by atoms with Gasteiger partial charge in [0, 0.05) is 5.92 Å². The van der Waals surface area contributed by atoms with Crippen molar-refractivity contribution in [2.45, 2.75) is 58.7 Å². The molecular formula is C15H22O3. The Bertz CT molecular complexity index is 425. The molecule has 3 aliphatic rings. The van der Waals surface area contributed by atoms with Crippen molar-refractivity contribution in [2.24, 2.45) is 17.3 Å². The molecule has 1 aliphatic heterocycles. The summed E-state index contributed by atoms with van der Waals surface area (Å²) in [6.45, 7) is 6.26. The van der Waals surface area contributed by atoms with E-state index in [1.807, 2.05) is 13.8 Å². The van der Waals surface area contributed by atoms with Crippen molar-refractivity contribution in [2.75, 3.05) is 0 Å². The number of esters is 1. The molecule has 100 valence electrons. The molecule has 3 nitrogen and oxygen atoms in total. The number of aliphatic hydroxyl groups excluding tert-OH is 1. The number of carbonyl (C=O) groups excluding carboxylic acids is 1. The number of hydrogen-bond acceptors (Lipinski definition) is 3. The van der Waals surface area contributed by atoms with Gasteiger partial charge in [0.15, 0.2) is 0 Å². The number of ether oxygens (including phenoxy) is 1. The van der Waals surface area contributed by atoms with Crippen LogP contribution in [-0.2, 0) is 9.53 Å². The second-order valence-electron chi connectivity index (χ2n) is 6.56. The third kappa shape index (κ3) is 1.49. The highest BCUT2D eigenvalue weighted by Gasteiger charge is 2.53. The lowest BCUT2D eigenvalue weighted by Crippen LogP contribution is -2.42. The molecule has 0 aromatic heterocycles. The molecule has 1 saturated heterocycles. The van der Waals surface area contributed by atoms with Gasteiger partial charge >= 0.3 is 5.97 Å². The summed E-state index contributed by atoms with van der Waals surface area (Å²) in [6, 6.07) is 0. The maximum Gasteiger partial charge on any atom is 0.309 e. The number of aliphatic hydroxyl groups is 1. The largest absolute Gasteiger partial charge is 0.457 e. The minimum Gasteiger partial charge on any atom is -0.457 e. The van der Waals surface area contributed by atoms with E-state index in [-0.39, 0.29) is 29.5 Å². The van der Waals surface area contributed by atoms with E-state index in [0.29, 0.717) is 5.92 Å². The molecule has 2 fully saturated rings. The molecule has 1 N–H and O–H groups in total. The van der Waals surface area contributed by atoms with Crippen LogP contribution in [0.3, 0.4) is 0 Å². The van der Waals surface area contributed by atoms with Crippen molar-refractivity contribution < 1.29 is 14.6 Å². The highest BCUT2D eigenvalue weighted by Crippen LogP contribution is 2.55. The van der Waals surface area contributed by atoms with E-state index in [1.54, 1.807) is 0 Å². The van der Waals surface area contributed by atoms with Crippen LogP contribution in [-0.4, -0.2) is 23.3 Å². The highest BCUT2D eigenvalue weighted by atomic mass is 16.6. The smallest absolute Gasteiger partial charge is 0.309 e. The van der Waals surface area contributed by atoms with E-state index in [2.05, 4.69) is 6.92 Å². The third-order valence-corrected chi connectivity index (χ3v) is 5.50. The molecule has 0 bridgehead atoms. The summed E-state index contributed by atoms with van der Waals surface area (Å²) in [6.07, 6.45) is 3.63. The van der Waals surface area contributed by atoms with Gasteiger partial charge in [-0.2, -0.15) is 0 Å². The van der Waals surface area contributed by atoms with Crippen molar-refractivity contribution in [1.82, 2.24) is 0 Å². The molecule has 18 heavy (non-hydrogen) atoms. The first-order valence-corrected chi connectivity index (χ1v) is 7.04. The standard InChI is InChI=1S/C15H22O3/c1-8-10-4-6-15(3)7-5-11(16)9(2)12(15)13(10)18-14(8)17/h8,10-11,13,16H,4-7H2,1-3H3/t8-,10-,11?,13-,15-/m0/s1. The first kappa shape index (κ1) is 12.2. The lowest BCUT2D eigenvalue weighted by molar-refractivity contribution is -0.143. The molecular weight excluding hydrogens is 228 g/mol. The van der Waals surface area contributed by atoms with Gasteiger partial charge in [-0.15, -0.1) is 0 Å². The van der Waals surface area contributed by atoms with Crippen molar-refractivity contribution in [3.05, 3.63) is 11.1 Å². The minimum absolute atomic E-state index is 0.0129. The van der Waals surface area contributed by atoms with Gasteiger partial charge in [0.05, 0.1) is 12.0 Å². The number of rotatable bonds is 0. The van der Waals surface area contributed by atoms with Crippen LogP contribution >= 0.6 is 0 Å². The average Bonchev–Trinajstić information content (AvgIpc) is 2.60. The minimum atomic E-state index is -0.346. The van der Waals surface area contributed by atoms with Crippen molar-refractivity contribution in [1.29, 1.82) is 0 Å². The Hall–Kier alpha value is -0.830. The van der Waals surface area contributed by atoms with Crippen molar-refractivity contribution in [3.8, 4) is 0 Å². The molecule has 0 spiro atoms. The van der Waals surface area contributed by atoms with Gasteiger partial charge in [0.2, 0.25) is 0 Å². The van der Waals surface area contributed by atoms with Gasteiger partial charge in [-0.05, 0) is 49.2 Å². The van der Waals surface area contributed by atoms with Gasteiger partial charge in [0.1, 0.15) is 6.10 Å². The SMILES string of the molecule is CC1=C2[C@H]3OC(=O)[C@@H](C)[C@@H]3CC[C@@]2(C)CCC1O. The van der Waals surface area contributed by atoms with E-state index >= 15 is 0 Å². The fourth-order valence-electron chi connectivity index (χ4n) is 4.21. The molecule has 1 heterocycles. The number of hydrogen-bond donors (Lipinski definition) is 1. The monoisotopic (exact) mass is 250 g/mol. The zero-order valence-corrected chi connectivity index (χ0v) is 11.4. The van der Waals surface area contributed by atoms with E-state index in [9.17, 15) is 9.90 Å². The summed E-state index contributed by atoms with van der Waals surface area (Å²) in [4.78, 5) is 11.8. The molecule has 5 atom stereocenters. The topological polar surface area (TPSA) is 46.5 Å². The predicted molar refractivity (Wildman–Crippen MR) is 67.8 cm³/mol. The zero-order valence-electron chi connectivity index (χ0n) is 11.4. The summed E-state index contributed by atoms with van der Waals surface area (Å²) in [7, 11) is 0. The van der Waals surface area contributed by atoms with Crippen LogP contribution in [0.4, 0.5) is 0 Å². The van der Waals surface area contributed by atoms with E-state index in [1.165, 1.54) is 5.57 Å². The summed E-state index contributed by atoms with van der Waals surface area (Å²) in [5, 5.41) is 10.1. The van der Waals surface area contributed by atoms with Gasteiger partial charge < -0.3 is 9.84 Å². The molecule has 1 saturated carbocycles. The van der Waals surface area contributed by atoms with Crippen molar-refractivity contribution in [3.63, 3.8) is 0 Å². The van der Waals surface area contributed by atoms with Crippen LogP contribution in [0.25, 0.3) is 0 Å². The van der Waals surface area contributed by atoms with Crippen molar-refractivity contribution >= 4 is 5.97 Å². The Morgan fingerprint density at radius 2 is 2.00 bits per heavy atom. The fourth-order valence-corrected chi connectivity index (χ4v) is 4.21.